The van der Waals surface area contributed by atoms with Gasteiger partial charge in [0.15, 0.2) is 0 Å². The number of carbonyl (C=O) groups excluding carboxylic acids is 1. The molecule has 0 aliphatic carbocycles. The lowest BCUT2D eigenvalue weighted by Crippen LogP contribution is -2.30. The lowest BCUT2D eigenvalue weighted by Gasteiger charge is -2.16. The van der Waals surface area contributed by atoms with Crippen LogP contribution < -0.4 is 5.32 Å². The van der Waals surface area contributed by atoms with Gasteiger partial charge in [0.2, 0.25) is 5.91 Å². The molecule has 1 rings (SSSR count). The number of unbranched alkanes of at least 4 members (excludes halogenated alkanes) is 1. The molecule has 5 heteroatoms. The highest BCUT2D eigenvalue weighted by molar-refractivity contribution is 5.92. The van der Waals surface area contributed by atoms with E-state index in [-0.39, 0.29) is 12.3 Å². The molecule has 5 nitrogen and oxygen atoms in total. The lowest BCUT2D eigenvalue weighted by atomic mass is 10.2. The summed E-state index contributed by atoms with van der Waals surface area (Å²) in [6.45, 7) is 3.02. The smallest absolute Gasteiger partial charge is 0.303 e. The van der Waals surface area contributed by atoms with Crippen LogP contribution in [0.25, 0.3) is 0 Å². The predicted molar refractivity (Wildman–Crippen MR) is 78.8 cm³/mol. The van der Waals surface area contributed by atoms with Crippen molar-refractivity contribution in [1.29, 1.82) is 0 Å². The Morgan fingerprint density at radius 1 is 1.20 bits per heavy atom. The number of aliphatic carboxylic acids is 1. The van der Waals surface area contributed by atoms with Crippen LogP contribution in [0.15, 0.2) is 24.3 Å². The average Bonchev–Trinajstić information content (AvgIpc) is 2.37. The van der Waals surface area contributed by atoms with Crippen LogP contribution in [-0.2, 0) is 9.59 Å². The molecule has 0 atom stereocenters. The number of aryl methyl sites for hydroxylation is 1. The van der Waals surface area contributed by atoms with Gasteiger partial charge >= 0.3 is 5.97 Å². The number of hydrogen-bond donors (Lipinski definition) is 2. The number of carbonyl (C=O) groups is 2. The molecule has 0 spiro atoms. The zero-order valence-corrected chi connectivity index (χ0v) is 12.1. The summed E-state index contributed by atoms with van der Waals surface area (Å²) in [5.41, 5.74) is 1.94. The van der Waals surface area contributed by atoms with Crippen molar-refractivity contribution in [2.45, 2.75) is 26.2 Å². The van der Waals surface area contributed by atoms with Gasteiger partial charge in [-0.05, 0) is 45.5 Å². The normalized spacial score (nSPS) is 10.6. The highest BCUT2D eigenvalue weighted by Crippen LogP contribution is 2.08. The number of hydrogen-bond acceptors (Lipinski definition) is 3. The molecule has 0 aliphatic heterocycles. The third-order valence-corrected chi connectivity index (χ3v) is 2.93. The summed E-state index contributed by atoms with van der Waals surface area (Å²) < 4.78 is 0. The molecule has 0 aromatic heterocycles. The number of nitrogens with zero attached hydrogens (tertiary/aromatic N) is 1. The van der Waals surface area contributed by atoms with E-state index in [1.807, 2.05) is 43.1 Å². The van der Waals surface area contributed by atoms with Crippen LogP contribution in [0.5, 0.6) is 0 Å². The van der Waals surface area contributed by atoms with Crippen molar-refractivity contribution < 1.29 is 14.7 Å². The van der Waals surface area contributed by atoms with Crippen molar-refractivity contribution >= 4 is 17.6 Å². The minimum atomic E-state index is -0.773. The average molecular weight is 278 g/mol. The summed E-state index contributed by atoms with van der Waals surface area (Å²) in [5.74, 6) is -0.834. The summed E-state index contributed by atoms with van der Waals surface area (Å²) in [6, 6.07) is 7.65. The van der Waals surface area contributed by atoms with Gasteiger partial charge in [-0.1, -0.05) is 17.7 Å². The van der Waals surface area contributed by atoms with Gasteiger partial charge in [0.25, 0.3) is 0 Å². The Kier molecular flexibility index (Phi) is 6.73. The topological polar surface area (TPSA) is 69.6 Å². The predicted octanol–water partition coefficient (Wildman–Crippen LogP) is 2.12. The first kappa shape index (κ1) is 16.2. The van der Waals surface area contributed by atoms with Gasteiger partial charge in [0.05, 0.1) is 6.54 Å². The Labute approximate surface area is 119 Å². The Balaban J connectivity index is 2.24. The van der Waals surface area contributed by atoms with E-state index in [4.69, 9.17) is 5.11 Å². The quantitative estimate of drug-likeness (QED) is 0.715. The van der Waals surface area contributed by atoms with E-state index in [1.54, 1.807) is 0 Å². The maximum Gasteiger partial charge on any atom is 0.303 e. The van der Waals surface area contributed by atoms with Gasteiger partial charge in [0, 0.05) is 12.1 Å². The first-order chi connectivity index (χ1) is 9.47. The first-order valence-electron chi connectivity index (χ1n) is 6.74. The molecule has 0 heterocycles. The minimum absolute atomic E-state index is 0.0606. The first-order valence-corrected chi connectivity index (χ1v) is 6.74. The monoisotopic (exact) mass is 278 g/mol. The second-order valence-electron chi connectivity index (χ2n) is 5.00. The summed E-state index contributed by atoms with van der Waals surface area (Å²) >= 11 is 0. The van der Waals surface area contributed by atoms with Crippen molar-refractivity contribution in [2.75, 3.05) is 25.5 Å². The summed E-state index contributed by atoms with van der Waals surface area (Å²) in [5, 5.41) is 11.4. The molecule has 1 aromatic rings. The second kappa shape index (κ2) is 8.32. The molecule has 1 aromatic carbocycles. The number of anilines is 1. The van der Waals surface area contributed by atoms with Crippen LogP contribution >= 0.6 is 0 Å². The number of carboxylic acids is 1. The van der Waals surface area contributed by atoms with Gasteiger partial charge in [0.1, 0.15) is 0 Å². The van der Waals surface area contributed by atoms with Crippen LogP contribution in [0.1, 0.15) is 24.8 Å². The minimum Gasteiger partial charge on any atom is -0.481 e. The molecule has 0 bridgehead atoms. The zero-order chi connectivity index (χ0) is 15.0. The SMILES string of the molecule is Cc1ccc(NC(=O)CN(C)CCCCC(=O)O)cc1. The van der Waals surface area contributed by atoms with Gasteiger partial charge in [-0.3, -0.25) is 14.5 Å². The molecule has 110 valence electrons. The molecule has 0 saturated carbocycles. The van der Waals surface area contributed by atoms with Crippen molar-refractivity contribution in [3.8, 4) is 0 Å². The van der Waals surface area contributed by atoms with E-state index in [2.05, 4.69) is 5.32 Å². The maximum atomic E-state index is 11.8. The van der Waals surface area contributed by atoms with E-state index in [1.165, 1.54) is 0 Å². The number of benzene rings is 1. The Morgan fingerprint density at radius 3 is 2.45 bits per heavy atom. The fourth-order valence-electron chi connectivity index (χ4n) is 1.82. The largest absolute Gasteiger partial charge is 0.481 e. The van der Waals surface area contributed by atoms with Crippen LogP contribution in [0, 0.1) is 6.92 Å². The number of likely N-dealkylation sites (N-methyl/N-ethyl adjacent to an activating group) is 1. The summed E-state index contributed by atoms with van der Waals surface area (Å²) in [6.07, 6.45) is 1.60. The molecule has 0 radical (unpaired) electrons. The van der Waals surface area contributed by atoms with E-state index in [0.29, 0.717) is 19.5 Å². The molecule has 20 heavy (non-hydrogen) atoms. The number of amides is 1. The highest BCUT2D eigenvalue weighted by Gasteiger charge is 2.07. The van der Waals surface area contributed by atoms with Crippen LogP contribution in [-0.4, -0.2) is 42.0 Å². The molecule has 0 saturated heterocycles. The Hall–Kier alpha value is -1.88. The molecule has 0 fully saturated rings. The Bertz CT molecular complexity index is 443. The van der Waals surface area contributed by atoms with Gasteiger partial charge in [-0.15, -0.1) is 0 Å². The van der Waals surface area contributed by atoms with E-state index >= 15 is 0 Å². The lowest BCUT2D eigenvalue weighted by molar-refractivity contribution is -0.137. The van der Waals surface area contributed by atoms with Crippen molar-refractivity contribution in [3.05, 3.63) is 29.8 Å². The maximum absolute atomic E-state index is 11.8. The molecule has 0 unspecified atom stereocenters. The second-order valence-corrected chi connectivity index (χ2v) is 5.00. The van der Waals surface area contributed by atoms with Crippen LogP contribution in [0.2, 0.25) is 0 Å². The van der Waals surface area contributed by atoms with E-state index in [9.17, 15) is 9.59 Å². The standard InChI is InChI=1S/C15H22N2O3/c1-12-6-8-13(9-7-12)16-14(18)11-17(2)10-4-3-5-15(19)20/h6-9H,3-5,10-11H2,1-2H3,(H,16,18)(H,19,20). The van der Waals surface area contributed by atoms with Crippen LogP contribution in [0.4, 0.5) is 5.69 Å². The van der Waals surface area contributed by atoms with Crippen molar-refractivity contribution in [2.24, 2.45) is 0 Å². The summed E-state index contributed by atoms with van der Waals surface area (Å²) in [7, 11) is 1.86. The fraction of sp³-hybridized carbons (Fsp3) is 0.467. The summed E-state index contributed by atoms with van der Waals surface area (Å²) in [4.78, 5) is 24.1. The number of nitrogens with one attached hydrogen (secondary N) is 1. The van der Waals surface area contributed by atoms with Gasteiger partial charge in [-0.25, -0.2) is 0 Å². The third kappa shape index (κ3) is 6.89. The molecule has 2 N–H and O–H groups in total. The van der Waals surface area contributed by atoms with Gasteiger partial charge in [-0.2, -0.15) is 0 Å². The fourth-order valence-corrected chi connectivity index (χ4v) is 1.82. The Morgan fingerprint density at radius 2 is 1.85 bits per heavy atom. The molecular formula is C15H22N2O3. The molecular weight excluding hydrogens is 256 g/mol. The molecule has 0 aliphatic rings. The van der Waals surface area contributed by atoms with E-state index < -0.39 is 5.97 Å². The van der Waals surface area contributed by atoms with E-state index in [0.717, 1.165) is 17.7 Å². The molecule has 1 amide bonds. The number of carboxylic acid groups (broad SMARTS) is 1. The van der Waals surface area contributed by atoms with Gasteiger partial charge < -0.3 is 10.4 Å². The highest BCUT2D eigenvalue weighted by atomic mass is 16.4. The van der Waals surface area contributed by atoms with Crippen molar-refractivity contribution in [1.82, 2.24) is 4.90 Å². The number of rotatable bonds is 8. The zero-order valence-electron chi connectivity index (χ0n) is 12.1. The van der Waals surface area contributed by atoms with Crippen LogP contribution in [0.3, 0.4) is 0 Å². The third-order valence-electron chi connectivity index (χ3n) is 2.93. The van der Waals surface area contributed by atoms with Crippen molar-refractivity contribution in [3.63, 3.8) is 0 Å².